The molecule has 3 rings (SSSR count). The highest BCUT2D eigenvalue weighted by molar-refractivity contribution is 5.76. The van der Waals surface area contributed by atoms with Gasteiger partial charge in [-0.3, -0.25) is 9.78 Å². The van der Waals surface area contributed by atoms with Crippen LogP contribution in [0.2, 0.25) is 0 Å². The van der Waals surface area contributed by atoms with Crippen molar-refractivity contribution in [3.05, 3.63) is 72.9 Å². The van der Waals surface area contributed by atoms with Crippen LogP contribution in [0.15, 0.2) is 66.0 Å². The number of aryl methyl sites for hydroxylation is 1. The molecule has 0 N–H and O–H groups in total. The van der Waals surface area contributed by atoms with E-state index in [0.29, 0.717) is 31.2 Å². The summed E-state index contributed by atoms with van der Waals surface area (Å²) in [6, 6.07) is 11.3. The quantitative estimate of drug-likeness (QED) is 0.532. The first-order valence-corrected chi connectivity index (χ1v) is 8.94. The SMILES string of the molecule is C=CCN(Cc1ccc(OC)cc1)C(=O)CCc1nc(-c2cccnc2)no1. The molecule has 2 heterocycles. The third kappa shape index (κ3) is 5.03. The standard InChI is InChI=1S/C21H22N4O3/c1-3-13-25(15-16-6-8-18(27-2)9-7-16)20(26)11-10-19-23-21(24-28-19)17-5-4-12-22-14-17/h3-9,12,14H,1,10-11,13,15H2,2H3. The highest BCUT2D eigenvalue weighted by atomic mass is 16.5. The predicted molar refractivity (Wildman–Crippen MR) is 104 cm³/mol. The Hall–Kier alpha value is -3.48. The Morgan fingerprint density at radius 2 is 2.11 bits per heavy atom. The largest absolute Gasteiger partial charge is 0.497 e. The smallest absolute Gasteiger partial charge is 0.227 e. The molecule has 144 valence electrons. The second-order valence-corrected chi connectivity index (χ2v) is 6.16. The van der Waals surface area contributed by atoms with Crippen molar-refractivity contribution in [2.45, 2.75) is 19.4 Å². The van der Waals surface area contributed by atoms with Crippen molar-refractivity contribution in [2.24, 2.45) is 0 Å². The molecule has 7 nitrogen and oxygen atoms in total. The van der Waals surface area contributed by atoms with Crippen molar-refractivity contribution in [1.29, 1.82) is 0 Å². The minimum absolute atomic E-state index is 0.00292. The molecule has 0 radical (unpaired) electrons. The van der Waals surface area contributed by atoms with Gasteiger partial charge < -0.3 is 14.2 Å². The number of benzene rings is 1. The Kier molecular flexibility index (Phi) is 6.51. The molecule has 0 aliphatic carbocycles. The highest BCUT2D eigenvalue weighted by Gasteiger charge is 2.16. The predicted octanol–water partition coefficient (Wildman–Crippen LogP) is 3.29. The van der Waals surface area contributed by atoms with E-state index in [9.17, 15) is 4.79 Å². The maximum atomic E-state index is 12.7. The van der Waals surface area contributed by atoms with Gasteiger partial charge in [0.25, 0.3) is 0 Å². The van der Waals surface area contributed by atoms with Crippen molar-refractivity contribution in [3.63, 3.8) is 0 Å². The lowest BCUT2D eigenvalue weighted by Crippen LogP contribution is -2.30. The summed E-state index contributed by atoms with van der Waals surface area (Å²) in [4.78, 5) is 22.8. The average Bonchev–Trinajstić information content (AvgIpc) is 3.22. The first kappa shape index (κ1) is 19.3. The van der Waals surface area contributed by atoms with Crippen LogP contribution in [0.5, 0.6) is 5.75 Å². The number of rotatable bonds is 9. The Bertz CT molecular complexity index is 907. The van der Waals surface area contributed by atoms with Crippen LogP contribution >= 0.6 is 0 Å². The molecular weight excluding hydrogens is 356 g/mol. The summed E-state index contributed by atoms with van der Waals surface area (Å²) in [6.45, 7) is 4.71. The van der Waals surface area contributed by atoms with Gasteiger partial charge in [0.1, 0.15) is 5.75 Å². The van der Waals surface area contributed by atoms with E-state index in [2.05, 4.69) is 21.7 Å². The summed E-state index contributed by atoms with van der Waals surface area (Å²) >= 11 is 0. The molecule has 3 aromatic rings. The number of aromatic nitrogens is 3. The number of pyridine rings is 1. The van der Waals surface area contributed by atoms with E-state index in [1.54, 1.807) is 36.5 Å². The molecule has 7 heteroatoms. The van der Waals surface area contributed by atoms with Crippen LogP contribution in [0.25, 0.3) is 11.4 Å². The van der Waals surface area contributed by atoms with Gasteiger partial charge in [0, 0.05) is 43.9 Å². The lowest BCUT2D eigenvalue weighted by atomic mass is 10.2. The number of hydrogen-bond donors (Lipinski definition) is 0. The third-order valence-electron chi connectivity index (χ3n) is 4.18. The molecule has 1 amide bonds. The minimum Gasteiger partial charge on any atom is -0.497 e. The minimum atomic E-state index is -0.00292. The molecule has 0 spiro atoms. The van der Waals surface area contributed by atoms with Gasteiger partial charge in [-0.25, -0.2) is 0 Å². The van der Waals surface area contributed by atoms with Gasteiger partial charge in [0.2, 0.25) is 17.6 Å². The number of methoxy groups -OCH3 is 1. The van der Waals surface area contributed by atoms with Gasteiger partial charge in [0.05, 0.1) is 7.11 Å². The highest BCUT2D eigenvalue weighted by Crippen LogP contribution is 2.16. The Balaban J connectivity index is 1.59. The van der Waals surface area contributed by atoms with Crippen molar-refractivity contribution in [1.82, 2.24) is 20.0 Å². The molecule has 0 saturated heterocycles. The second kappa shape index (κ2) is 9.45. The first-order chi connectivity index (χ1) is 13.7. The Morgan fingerprint density at radius 1 is 1.29 bits per heavy atom. The van der Waals surface area contributed by atoms with Gasteiger partial charge in [-0.05, 0) is 29.8 Å². The zero-order valence-corrected chi connectivity index (χ0v) is 15.7. The van der Waals surface area contributed by atoms with E-state index in [1.807, 2.05) is 30.3 Å². The van der Waals surface area contributed by atoms with Crippen molar-refractivity contribution in [2.75, 3.05) is 13.7 Å². The molecular formula is C21H22N4O3. The number of amides is 1. The van der Waals surface area contributed by atoms with Crippen LogP contribution in [0, 0.1) is 0 Å². The van der Waals surface area contributed by atoms with E-state index in [1.165, 1.54) is 0 Å². The molecule has 0 aliphatic heterocycles. The van der Waals surface area contributed by atoms with Crippen LogP contribution in [0.1, 0.15) is 17.9 Å². The topological polar surface area (TPSA) is 81.4 Å². The summed E-state index contributed by atoms with van der Waals surface area (Å²) in [6.07, 6.45) is 5.72. The Morgan fingerprint density at radius 3 is 2.79 bits per heavy atom. The van der Waals surface area contributed by atoms with Gasteiger partial charge in [-0.15, -0.1) is 6.58 Å². The molecule has 0 atom stereocenters. The van der Waals surface area contributed by atoms with Crippen molar-refractivity contribution in [3.8, 4) is 17.1 Å². The number of ether oxygens (including phenoxy) is 1. The fraction of sp³-hybridized carbons (Fsp3) is 0.238. The number of hydrogen-bond acceptors (Lipinski definition) is 6. The fourth-order valence-electron chi connectivity index (χ4n) is 2.70. The van der Waals surface area contributed by atoms with Crippen LogP contribution in [-0.4, -0.2) is 39.6 Å². The summed E-state index contributed by atoms with van der Waals surface area (Å²) in [5.74, 6) is 1.68. The van der Waals surface area contributed by atoms with E-state index < -0.39 is 0 Å². The average molecular weight is 378 g/mol. The molecule has 1 aromatic carbocycles. The molecule has 2 aromatic heterocycles. The van der Waals surface area contributed by atoms with Crippen molar-refractivity contribution >= 4 is 5.91 Å². The monoisotopic (exact) mass is 378 g/mol. The van der Waals surface area contributed by atoms with Crippen LogP contribution in [-0.2, 0) is 17.8 Å². The molecule has 0 fully saturated rings. The van der Waals surface area contributed by atoms with E-state index in [0.717, 1.165) is 16.9 Å². The molecule has 0 unspecified atom stereocenters. The van der Waals surface area contributed by atoms with Gasteiger partial charge in [-0.2, -0.15) is 4.98 Å². The van der Waals surface area contributed by atoms with Crippen molar-refractivity contribution < 1.29 is 14.1 Å². The lowest BCUT2D eigenvalue weighted by Gasteiger charge is -2.21. The molecule has 0 saturated carbocycles. The second-order valence-electron chi connectivity index (χ2n) is 6.16. The number of carbonyl (C=O) groups excluding carboxylic acids is 1. The fourth-order valence-corrected chi connectivity index (χ4v) is 2.70. The summed E-state index contributed by atoms with van der Waals surface area (Å²) in [5.41, 5.74) is 1.80. The normalized spacial score (nSPS) is 10.5. The zero-order chi connectivity index (χ0) is 19.8. The van der Waals surface area contributed by atoms with Crippen LogP contribution in [0.4, 0.5) is 0 Å². The van der Waals surface area contributed by atoms with Gasteiger partial charge in [-0.1, -0.05) is 23.4 Å². The lowest BCUT2D eigenvalue weighted by molar-refractivity contribution is -0.131. The zero-order valence-electron chi connectivity index (χ0n) is 15.7. The first-order valence-electron chi connectivity index (χ1n) is 8.94. The van der Waals surface area contributed by atoms with Gasteiger partial charge in [0.15, 0.2) is 0 Å². The maximum absolute atomic E-state index is 12.7. The maximum Gasteiger partial charge on any atom is 0.227 e. The summed E-state index contributed by atoms with van der Waals surface area (Å²) in [7, 11) is 1.62. The molecule has 0 bridgehead atoms. The van der Waals surface area contributed by atoms with Crippen LogP contribution in [0.3, 0.4) is 0 Å². The molecule has 0 aliphatic rings. The van der Waals surface area contributed by atoms with E-state index >= 15 is 0 Å². The summed E-state index contributed by atoms with van der Waals surface area (Å²) < 4.78 is 10.4. The van der Waals surface area contributed by atoms with Crippen LogP contribution < -0.4 is 4.74 Å². The third-order valence-corrected chi connectivity index (χ3v) is 4.18. The van der Waals surface area contributed by atoms with E-state index in [4.69, 9.17) is 9.26 Å². The Labute approximate surface area is 163 Å². The number of carbonyl (C=O) groups is 1. The number of nitrogens with zero attached hydrogens (tertiary/aromatic N) is 4. The van der Waals surface area contributed by atoms with Gasteiger partial charge >= 0.3 is 0 Å². The molecule has 28 heavy (non-hydrogen) atoms. The summed E-state index contributed by atoms with van der Waals surface area (Å²) in [5, 5.41) is 3.95. The van der Waals surface area contributed by atoms with E-state index in [-0.39, 0.29) is 12.3 Å².